The summed E-state index contributed by atoms with van der Waals surface area (Å²) in [6.45, 7) is 3.14. The van der Waals surface area contributed by atoms with Crippen LogP contribution in [0, 0.1) is 0 Å². The summed E-state index contributed by atoms with van der Waals surface area (Å²) < 4.78 is 9.22. The predicted octanol–water partition coefficient (Wildman–Crippen LogP) is 4.13. The number of nitrogens with zero attached hydrogens (tertiary/aromatic N) is 6. The number of rotatable bonds is 3. The van der Waals surface area contributed by atoms with Crippen LogP contribution in [-0.4, -0.2) is 48.9 Å². The Balaban J connectivity index is 1.37. The number of thiophene rings is 1. The summed E-state index contributed by atoms with van der Waals surface area (Å²) in [5, 5.41) is 16.5. The zero-order valence-electron chi connectivity index (χ0n) is 17.9. The minimum atomic E-state index is 0.131. The van der Waals surface area contributed by atoms with Crippen molar-refractivity contribution < 1.29 is 9.21 Å². The number of furan rings is 1. The molecule has 1 fully saturated rings. The fraction of sp³-hybridized carbons (Fsp3) is 0.261. The molecule has 5 aromatic heterocycles. The molecule has 1 saturated heterocycles. The Hall–Kier alpha value is -3.79. The number of likely N-dealkylation sites (tertiary alicyclic amines) is 1. The van der Waals surface area contributed by atoms with E-state index in [-0.39, 0.29) is 11.9 Å². The first kappa shape index (κ1) is 19.9. The molecule has 0 radical (unpaired) electrons. The van der Waals surface area contributed by atoms with Crippen molar-refractivity contribution in [3.8, 4) is 22.5 Å². The van der Waals surface area contributed by atoms with Crippen LogP contribution >= 0.6 is 11.3 Å². The Morgan fingerprint density at radius 2 is 1.94 bits per heavy atom. The molecule has 1 amide bonds. The Morgan fingerprint density at radius 1 is 1.12 bits per heavy atom. The van der Waals surface area contributed by atoms with Crippen molar-refractivity contribution in [2.45, 2.75) is 25.8 Å². The van der Waals surface area contributed by atoms with E-state index in [1.165, 1.54) is 0 Å². The van der Waals surface area contributed by atoms with Gasteiger partial charge >= 0.3 is 0 Å². The highest BCUT2D eigenvalue weighted by atomic mass is 32.1. The first-order valence-electron chi connectivity index (χ1n) is 10.7. The lowest BCUT2D eigenvalue weighted by atomic mass is 10.0. The Labute approximate surface area is 192 Å². The number of hydrogen-bond acceptors (Lipinski definition) is 8. The van der Waals surface area contributed by atoms with E-state index in [0.717, 1.165) is 58.1 Å². The van der Waals surface area contributed by atoms with Gasteiger partial charge in [0.2, 0.25) is 5.91 Å². The fourth-order valence-corrected chi connectivity index (χ4v) is 5.40. The van der Waals surface area contributed by atoms with Crippen molar-refractivity contribution in [3.05, 3.63) is 42.4 Å². The largest absolute Gasteiger partial charge is 0.452 e. The van der Waals surface area contributed by atoms with Gasteiger partial charge in [-0.25, -0.2) is 4.98 Å². The van der Waals surface area contributed by atoms with Crippen LogP contribution < -0.4 is 5.73 Å². The molecule has 5 aromatic rings. The van der Waals surface area contributed by atoms with Crippen LogP contribution in [0.2, 0.25) is 0 Å². The second-order valence-electron chi connectivity index (χ2n) is 8.27. The van der Waals surface area contributed by atoms with E-state index in [4.69, 9.17) is 10.2 Å². The predicted molar refractivity (Wildman–Crippen MR) is 127 cm³/mol. The van der Waals surface area contributed by atoms with Gasteiger partial charge in [-0.15, -0.1) is 11.3 Å². The van der Waals surface area contributed by atoms with E-state index in [0.29, 0.717) is 17.2 Å². The van der Waals surface area contributed by atoms with Gasteiger partial charge in [-0.3, -0.25) is 9.48 Å². The lowest BCUT2D eigenvalue weighted by Crippen LogP contribution is -2.37. The van der Waals surface area contributed by atoms with Gasteiger partial charge in [0.25, 0.3) is 0 Å². The number of piperidine rings is 1. The van der Waals surface area contributed by atoms with E-state index in [1.807, 2.05) is 33.4 Å². The van der Waals surface area contributed by atoms with Crippen LogP contribution in [0.15, 0.2) is 46.8 Å². The SMILES string of the molecule is CC(=O)N1CCC(n2cc(-c3cnc(N)c4oc(-c5csc6cnncc56)cc34)cn2)CC1. The van der Waals surface area contributed by atoms with E-state index < -0.39 is 0 Å². The lowest BCUT2D eigenvalue weighted by Gasteiger charge is -2.31. The van der Waals surface area contributed by atoms with Gasteiger partial charge in [0.15, 0.2) is 11.4 Å². The Bertz CT molecular complexity index is 1490. The van der Waals surface area contributed by atoms with Gasteiger partial charge in [0, 0.05) is 65.2 Å². The standard InChI is InChI=1S/C23H21N7O2S/c1-13(31)29-4-2-15(3-5-29)30-11-14(7-28-30)17-8-25-23(24)22-16(17)6-20(32-22)19-12-33-21-10-27-26-9-18(19)21/h6-12,15H,2-5H2,1H3,(H2,24,25). The van der Waals surface area contributed by atoms with E-state index >= 15 is 0 Å². The normalized spacial score (nSPS) is 15.0. The highest BCUT2D eigenvalue weighted by molar-refractivity contribution is 7.17. The van der Waals surface area contributed by atoms with Crippen molar-refractivity contribution in [3.63, 3.8) is 0 Å². The molecule has 0 spiro atoms. The third kappa shape index (κ3) is 3.34. The van der Waals surface area contributed by atoms with Crippen LogP contribution in [0.5, 0.6) is 0 Å². The average molecular weight is 460 g/mol. The van der Waals surface area contributed by atoms with Crippen molar-refractivity contribution in [2.24, 2.45) is 0 Å². The van der Waals surface area contributed by atoms with E-state index in [2.05, 4.69) is 20.3 Å². The maximum atomic E-state index is 11.6. The molecule has 10 heteroatoms. The smallest absolute Gasteiger partial charge is 0.219 e. The molecule has 1 aliphatic heterocycles. The number of hydrogen-bond donors (Lipinski definition) is 1. The molecule has 9 nitrogen and oxygen atoms in total. The third-order valence-corrected chi connectivity index (χ3v) is 7.27. The van der Waals surface area contributed by atoms with E-state index in [1.54, 1.807) is 36.9 Å². The van der Waals surface area contributed by atoms with E-state index in [9.17, 15) is 4.79 Å². The van der Waals surface area contributed by atoms with Crippen molar-refractivity contribution in [1.29, 1.82) is 0 Å². The molecule has 166 valence electrons. The van der Waals surface area contributed by atoms with Crippen LogP contribution in [0.4, 0.5) is 5.82 Å². The minimum Gasteiger partial charge on any atom is -0.452 e. The van der Waals surface area contributed by atoms with Gasteiger partial charge in [-0.1, -0.05) is 0 Å². The van der Waals surface area contributed by atoms with Crippen molar-refractivity contribution in [1.82, 2.24) is 29.9 Å². The van der Waals surface area contributed by atoms with Crippen LogP contribution in [0.1, 0.15) is 25.8 Å². The first-order valence-corrected chi connectivity index (χ1v) is 11.6. The molecule has 0 unspecified atom stereocenters. The highest BCUT2D eigenvalue weighted by Crippen LogP contribution is 2.40. The molecule has 0 atom stereocenters. The summed E-state index contributed by atoms with van der Waals surface area (Å²) in [5.41, 5.74) is 9.55. The molecule has 0 aliphatic carbocycles. The molecular formula is C23H21N7O2S. The number of anilines is 1. The molecule has 33 heavy (non-hydrogen) atoms. The number of fused-ring (bicyclic) bond motifs is 2. The molecule has 6 heterocycles. The number of aromatic nitrogens is 5. The maximum Gasteiger partial charge on any atom is 0.219 e. The average Bonchev–Trinajstić information content (AvgIpc) is 3.57. The topological polar surface area (TPSA) is 116 Å². The summed E-state index contributed by atoms with van der Waals surface area (Å²) in [6.07, 6.45) is 10.9. The Morgan fingerprint density at radius 3 is 2.76 bits per heavy atom. The monoisotopic (exact) mass is 459 g/mol. The van der Waals surface area contributed by atoms with Gasteiger partial charge in [-0.2, -0.15) is 15.3 Å². The quantitative estimate of drug-likeness (QED) is 0.431. The molecular weight excluding hydrogens is 438 g/mol. The second-order valence-corrected chi connectivity index (χ2v) is 9.18. The van der Waals surface area contributed by atoms with Gasteiger partial charge in [0.05, 0.1) is 29.3 Å². The number of pyridine rings is 1. The van der Waals surface area contributed by atoms with Gasteiger partial charge in [0.1, 0.15) is 5.76 Å². The summed E-state index contributed by atoms with van der Waals surface area (Å²) in [6, 6.07) is 2.28. The summed E-state index contributed by atoms with van der Waals surface area (Å²) in [7, 11) is 0. The number of carbonyl (C=O) groups excluding carboxylic acids is 1. The molecule has 1 aliphatic rings. The zero-order chi connectivity index (χ0) is 22.5. The minimum absolute atomic E-state index is 0.131. The molecule has 0 saturated carbocycles. The molecule has 6 rings (SSSR count). The Kier molecular flexibility index (Phi) is 4.61. The van der Waals surface area contributed by atoms with Crippen molar-refractivity contribution in [2.75, 3.05) is 18.8 Å². The molecule has 2 N–H and O–H groups in total. The summed E-state index contributed by atoms with van der Waals surface area (Å²) in [4.78, 5) is 17.9. The molecule has 0 aromatic carbocycles. The van der Waals surface area contributed by atoms with Crippen LogP contribution in [0.25, 0.3) is 43.5 Å². The number of carbonyl (C=O) groups is 1. The highest BCUT2D eigenvalue weighted by Gasteiger charge is 2.23. The fourth-order valence-electron chi connectivity index (χ4n) is 4.51. The number of nitrogens with two attached hydrogens (primary N) is 1. The summed E-state index contributed by atoms with van der Waals surface area (Å²) >= 11 is 1.60. The van der Waals surface area contributed by atoms with Crippen LogP contribution in [0.3, 0.4) is 0 Å². The summed E-state index contributed by atoms with van der Waals surface area (Å²) in [5.74, 6) is 1.20. The zero-order valence-corrected chi connectivity index (χ0v) is 18.7. The number of amides is 1. The van der Waals surface area contributed by atoms with Crippen LogP contribution in [-0.2, 0) is 4.79 Å². The third-order valence-electron chi connectivity index (χ3n) is 6.34. The lowest BCUT2D eigenvalue weighted by molar-refractivity contribution is -0.130. The second kappa shape index (κ2) is 7.66. The van der Waals surface area contributed by atoms with Crippen molar-refractivity contribution >= 4 is 44.1 Å². The maximum absolute atomic E-state index is 11.6. The van der Waals surface area contributed by atoms with Gasteiger partial charge in [-0.05, 0) is 18.9 Å². The molecule has 0 bridgehead atoms. The first-order chi connectivity index (χ1) is 16.1. The number of nitrogen functional groups attached to an aromatic ring is 1. The van der Waals surface area contributed by atoms with Gasteiger partial charge < -0.3 is 15.1 Å².